The SMILES string of the molecule is CCOc1ccc(-c2nc3ccccn3c2-c2ccnc(Nc3cc(C)c(N4CCCN(CCS(C)(O)[OH2+])CC4)cc3OC)n2)cc1C(=O)Nc1c(F)cccc1F. The van der Waals surface area contributed by atoms with Crippen LogP contribution in [0.1, 0.15) is 29.3 Å². The van der Waals surface area contributed by atoms with Crippen molar-refractivity contribution in [2.75, 3.05) is 74.0 Å². The molecular formula is C42H47F2N8O5S+. The number of carbonyl (C=O) groups is 1. The van der Waals surface area contributed by atoms with Gasteiger partial charge in [0, 0.05) is 55.9 Å². The molecule has 7 rings (SSSR count). The van der Waals surface area contributed by atoms with Crippen LogP contribution in [0.15, 0.2) is 85.2 Å². The van der Waals surface area contributed by atoms with E-state index in [4.69, 9.17) is 24.0 Å². The molecular weight excluding hydrogens is 767 g/mol. The minimum absolute atomic E-state index is 0.0674. The number of imidazole rings is 1. The molecule has 1 atom stereocenters. The van der Waals surface area contributed by atoms with Crippen molar-refractivity contribution in [2.45, 2.75) is 20.3 Å². The predicted molar refractivity (Wildman–Crippen MR) is 226 cm³/mol. The number of hydrogen-bond donors (Lipinski definition) is 3. The Morgan fingerprint density at radius 1 is 0.983 bits per heavy atom. The van der Waals surface area contributed by atoms with E-state index in [-0.39, 0.29) is 17.9 Å². The molecule has 0 aliphatic carbocycles. The summed E-state index contributed by atoms with van der Waals surface area (Å²) in [5.74, 6) is -0.902. The number of pyridine rings is 1. The third kappa shape index (κ3) is 9.00. The highest BCUT2D eigenvalue weighted by molar-refractivity contribution is 8.23. The summed E-state index contributed by atoms with van der Waals surface area (Å²) in [5, 5.41) is 5.73. The van der Waals surface area contributed by atoms with Gasteiger partial charge in [-0.1, -0.05) is 12.1 Å². The van der Waals surface area contributed by atoms with Crippen molar-refractivity contribution in [2.24, 2.45) is 0 Å². The monoisotopic (exact) mass is 813 g/mol. The average molecular weight is 814 g/mol. The van der Waals surface area contributed by atoms with Crippen molar-refractivity contribution in [3.8, 4) is 34.1 Å². The van der Waals surface area contributed by atoms with Crippen molar-refractivity contribution in [1.29, 1.82) is 0 Å². The fourth-order valence-corrected chi connectivity index (χ4v) is 7.69. The number of carbonyl (C=O) groups excluding carboxylic acids is 1. The smallest absolute Gasteiger partial charge is 0.259 e. The van der Waals surface area contributed by atoms with Gasteiger partial charge in [0.05, 0.1) is 54.1 Å². The van der Waals surface area contributed by atoms with E-state index in [1.165, 1.54) is 6.07 Å². The molecule has 6 aromatic rings. The average Bonchev–Trinajstić information content (AvgIpc) is 3.43. The second kappa shape index (κ2) is 17.4. The highest BCUT2D eigenvalue weighted by atomic mass is 32.3. The molecule has 16 heteroatoms. The zero-order chi connectivity index (χ0) is 41.0. The Hall–Kier alpha value is -5.81. The molecule has 3 aromatic heterocycles. The van der Waals surface area contributed by atoms with Crippen LogP contribution in [0.4, 0.5) is 31.8 Å². The molecule has 3 aromatic carbocycles. The standard InChI is InChI=1S/C42H46F2N8O5S/c1-5-57-35-14-13-28(25-29(35)41(53)49-39-30(43)10-8-11-31(39)44)38-40(52-19-7-6-12-37(52)48-38)32-15-16-45-42(46-32)47-33-24-27(2)34(26-36(33)56-3)51-18-9-17-50(20-21-51)22-23-58(4,54)55/h6-8,10-16,19,24-26,54-55H,5,9,17-18,20-23H2,1-4H3,(H,49,53)(H,45,46,47)/p+1. The molecule has 58 heavy (non-hydrogen) atoms. The number of halogens is 2. The first-order valence-electron chi connectivity index (χ1n) is 18.9. The van der Waals surface area contributed by atoms with Crippen LogP contribution in [0.25, 0.3) is 28.3 Å². The number of anilines is 4. The van der Waals surface area contributed by atoms with E-state index in [0.29, 0.717) is 58.0 Å². The van der Waals surface area contributed by atoms with Crippen molar-refractivity contribution < 1.29 is 32.2 Å². The Kier molecular flexibility index (Phi) is 12.1. The number of ether oxygens (including phenoxy) is 2. The lowest BCUT2D eigenvalue weighted by Crippen LogP contribution is -2.33. The minimum Gasteiger partial charge on any atom is -0.494 e. The van der Waals surface area contributed by atoms with Crippen LogP contribution in [-0.4, -0.2) is 97.7 Å². The van der Waals surface area contributed by atoms with Gasteiger partial charge in [0.15, 0.2) is 0 Å². The summed E-state index contributed by atoms with van der Waals surface area (Å²) < 4.78 is 60.5. The molecule has 1 aliphatic rings. The fraction of sp³-hybridized carbons (Fsp3) is 0.286. The van der Waals surface area contributed by atoms with Crippen molar-refractivity contribution in [3.63, 3.8) is 0 Å². The van der Waals surface area contributed by atoms with Gasteiger partial charge in [-0.3, -0.25) is 18.6 Å². The van der Waals surface area contributed by atoms with Crippen LogP contribution in [-0.2, 0) is 0 Å². The molecule has 304 valence electrons. The summed E-state index contributed by atoms with van der Waals surface area (Å²) in [5.41, 5.74) is 5.14. The highest BCUT2D eigenvalue weighted by Gasteiger charge is 2.24. The maximum Gasteiger partial charge on any atom is 0.259 e. The van der Waals surface area contributed by atoms with E-state index in [2.05, 4.69) is 32.3 Å². The topological polar surface area (TPSA) is 152 Å². The highest BCUT2D eigenvalue weighted by Crippen LogP contribution is 2.38. The number of nitrogens with zero attached hydrogens (tertiary/aromatic N) is 6. The van der Waals surface area contributed by atoms with Crippen LogP contribution in [0.2, 0.25) is 0 Å². The number of hydrogen-bond acceptors (Lipinski definition) is 10. The van der Waals surface area contributed by atoms with Crippen molar-refractivity contribution in [3.05, 3.63) is 108 Å². The lowest BCUT2D eigenvalue weighted by Gasteiger charge is -2.28. The second-order valence-corrected chi connectivity index (χ2v) is 16.6. The van der Waals surface area contributed by atoms with E-state index >= 15 is 0 Å². The number of aromatic nitrogens is 4. The Morgan fingerprint density at radius 2 is 1.79 bits per heavy atom. The van der Waals surface area contributed by atoms with Gasteiger partial charge in [-0.25, -0.2) is 23.7 Å². The number of fused-ring (bicyclic) bond motifs is 1. The first kappa shape index (κ1) is 40.4. The molecule has 5 N–H and O–H groups in total. The van der Waals surface area contributed by atoms with Gasteiger partial charge in [-0.2, -0.15) is 0 Å². The third-order valence-electron chi connectivity index (χ3n) is 9.93. The third-order valence-corrected chi connectivity index (χ3v) is 10.9. The van der Waals surface area contributed by atoms with Gasteiger partial charge in [0.1, 0.15) is 34.5 Å². The number of rotatable bonds is 13. The summed E-state index contributed by atoms with van der Waals surface area (Å²) in [7, 11) is -0.663. The number of nitrogens with one attached hydrogen (secondary N) is 2. The number of aryl methyl sites for hydroxylation is 1. The molecule has 0 spiro atoms. The van der Waals surface area contributed by atoms with Crippen LogP contribution in [0.5, 0.6) is 11.5 Å². The Morgan fingerprint density at radius 3 is 2.55 bits per heavy atom. The molecule has 13 nitrogen and oxygen atoms in total. The maximum atomic E-state index is 14.5. The number of methoxy groups -OCH3 is 1. The van der Waals surface area contributed by atoms with Gasteiger partial charge in [-0.05, 0) is 87.0 Å². The zero-order valence-electron chi connectivity index (χ0n) is 32.8. The molecule has 1 saturated heterocycles. The van der Waals surface area contributed by atoms with Crippen molar-refractivity contribution in [1.82, 2.24) is 24.3 Å². The van der Waals surface area contributed by atoms with E-state index in [1.54, 1.807) is 50.8 Å². The summed E-state index contributed by atoms with van der Waals surface area (Å²) >= 11 is 0. The fourth-order valence-electron chi connectivity index (χ4n) is 7.07. The van der Waals surface area contributed by atoms with E-state index in [1.807, 2.05) is 40.9 Å². The lowest BCUT2D eigenvalue weighted by molar-refractivity contribution is 0.102. The Bertz CT molecular complexity index is 2420. The second-order valence-electron chi connectivity index (χ2n) is 14.1. The van der Waals surface area contributed by atoms with Gasteiger partial charge in [0.25, 0.3) is 5.91 Å². The summed E-state index contributed by atoms with van der Waals surface area (Å²) in [6.45, 7) is 8.23. The number of amides is 1. The first-order valence-corrected chi connectivity index (χ1v) is 21.1. The lowest BCUT2D eigenvalue weighted by atomic mass is 10.0. The Labute approximate surface area is 337 Å². The van der Waals surface area contributed by atoms with Crippen LogP contribution in [0, 0.1) is 18.6 Å². The van der Waals surface area contributed by atoms with Crippen LogP contribution < -0.4 is 25.0 Å². The summed E-state index contributed by atoms with van der Waals surface area (Å²) in [6, 6.07) is 19.8. The molecule has 1 aliphatic heterocycles. The molecule has 1 amide bonds. The molecule has 0 saturated carbocycles. The van der Waals surface area contributed by atoms with E-state index < -0.39 is 33.8 Å². The molecule has 4 heterocycles. The quantitative estimate of drug-likeness (QED) is 0.100. The zero-order valence-corrected chi connectivity index (χ0v) is 33.6. The minimum atomic E-state index is -2.29. The molecule has 1 fully saturated rings. The van der Waals surface area contributed by atoms with Gasteiger partial charge in [-0.15, -0.1) is 10.6 Å². The van der Waals surface area contributed by atoms with Crippen LogP contribution in [0.3, 0.4) is 0 Å². The van der Waals surface area contributed by atoms with Gasteiger partial charge in [0.2, 0.25) is 5.95 Å². The van der Waals surface area contributed by atoms with Crippen LogP contribution >= 0.6 is 10.6 Å². The predicted octanol–water partition coefficient (Wildman–Crippen LogP) is 7.51. The van der Waals surface area contributed by atoms with Gasteiger partial charge < -0.3 is 29.6 Å². The van der Waals surface area contributed by atoms with Gasteiger partial charge >= 0.3 is 0 Å². The Balaban J connectivity index is 1.19. The van der Waals surface area contributed by atoms with Crippen molar-refractivity contribution >= 4 is 45.2 Å². The number of benzene rings is 3. The maximum absolute atomic E-state index is 14.5. The molecule has 0 radical (unpaired) electrons. The van der Waals surface area contributed by atoms with E-state index in [0.717, 1.165) is 56.0 Å². The normalized spacial score (nSPS) is 15.1. The molecule has 0 bridgehead atoms. The number of para-hydroxylation sites is 1. The van der Waals surface area contributed by atoms with E-state index in [9.17, 15) is 18.1 Å². The summed E-state index contributed by atoms with van der Waals surface area (Å²) in [4.78, 5) is 32.7. The summed E-state index contributed by atoms with van der Waals surface area (Å²) in [6.07, 6.45) is 6.08. The molecule has 1 unspecified atom stereocenters. The first-order chi connectivity index (χ1) is 27.9. The largest absolute Gasteiger partial charge is 0.494 e.